The maximum Gasteiger partial charge on any atom is 0.319 e. The predicted octanol–water partition coefficient (Wildman–Crippen LogP) is 5.95. The quantitative estimate of drug-likeness (QED) is 0.484. The third-order valence-corrected chi connectivity index (χ3v) is 5.98. The Hall–Kier alpha value is -2.31. The van der Waals surface area contributed by atoms with E-state index in [1.165, 1.54) is 4.88 Å². The molecule has 140 valence electrons. The molecule has 3 aromatic rings. The third kappa shape index (κ3) is 5.84. The molecule has 0 bridgehead atoms. The van der Waals surface area contributed by atoms with E-state index in [9.17, 15) is 4.79 Å². The maximum absolute atomic E-state index is 12.5. The van der Waals surface area contributed by atoms with E-state index in [2.05, 4.69) is 41.6 Å². The number of carbonyl (C=O) groups excluding carboxylic acids is 1. The Balaban J connectivity index is 1.59. The van der Waals surface area contributed by atoms with Gasteiger partial charge in [0.25, 0.3) is 0 Å². The van der Waals surface area contributed by atoms with Crippen LogP contribution in [-0.4, -0.2) is 11.0 Å². The Morgan fingerprint density at radius 3 is 2.74 bits per heavy atom. The molecule has 6 heteroatoms. The molecule has 27 heavy (non-hydrogen) atoms. The predicted molar refractivity (Wildman–Crippen MR) is 114 cm³/mol. The van der Waals surface area contributed by atoms with Crippen molar-refractivity contribution in [3.05, 3.63) is 76.6 Å². The van der Waals surface area contributed by atoms with Gasteiger partial charge in [-0.1, -0.05) is 38.1 Å². The summed E-state index contributed by atoms with van der Waals surface area (Å²) in [5.74, 6) is 1.12. The van der Waals surface area contributed by atoms with Gasteiger partial charge in [0.2, 0.25) is 0 Å². The molecule has 2 N–H and O–H groups in total. The fourth-order valence-electron chi connectivity index (χ4n) is 2.67. The molecule has 2 aromatic heterocycles. The Morgan fingerprint density at radius 2 is 2.04 bits per heavy atom. The van der Waals surface area contributed by atoms with E-state index >= 15 is 0 Å². The highest BCUT2D eigenvalue weighted by Gasteiger charge is 2.19. The van der Waals surface area contributed by atoms with Gasteiger partial charge in [-0.15, -0.1) is 23.1 Å². The van der Waals surface area contributed by atoms with Crippen LogP contribution < -0.4 is 10.6 Å². The number of aromatic nitrogens is 1. The molecule has 0 radical (unpaired) electrons. The summed E-state index contributed by atoms with van der Waals surface area (Å²) in [5.41, 5.74) is 1.93. The van der Waals surface area contributed by atoms with E-state index in [-0.39, 0.29) is 12.1 Å². The molecule has 0 spiro atoms. The summed E-state index contributed by atoms with van der Waals surface area (Å²) < 4.78 is 0. The van der Waals surface area contributed by atoms with Crippen molar-refractivity contribution < 1.29 is 4.79 Å². The van der Waals surface area contributed by atoms with Crippen LogP contribution in [0.2, 0.25) is 0 Å². The van der Waals surface area contributed by atoms with Crippen LogP contribution in [0.15, 0.2) is 71.2 Å². The van der Waals surface area contributed by atoms with Gasteiger partial charge in [-0.25, -0.2) is 9.78 Å². The van der Waals surface area contributed by atoms with Crippen LogP contribution in [0, 0.1) is 5.92 Å². The first-order valence-electron chi connectivity index (χ1n) is 8.85. The molecule has 1 unspecified atom stereocenters. The number of thioether (sulfide) groups is 1. The summed E-state index contributed by atoms with van der Waals surface area (Å²) in [6.07, 6.45) is 1.80. The van der Waals surface area contributed by atoms with E-state index in [0.29, 0.717) is 5.92 Å². The van der Waals surface area contributed by atoms with Gasteiger partial charge in [0.15, 0.2) is 0 Å². The lowest BCUT2D eigenvalue weighted by molar-refractivity contribution is 0.245. The van der Waals surface area contributed by atoms with Gasteiger partial charge in [-0.2, -0.15) is 0 Å². The lowest BCUT2D eigenvalue weighted by atomic mass is 10.0. The van der Waals surface area contributed by atoms with Crippen molar-refractivity contribution in [3.63, 3.8) is 0 Å². The molecular weight excluding hydrogens is 374 g/mol. The number of rotatable bonds is 7. The summed E-state index contributed by atoms with van der Waals surface area (Å²) in [5, 5.41) is 9.07. The summed E-state index contributed by atoms with van der Waals surface area (Å²) in [4.78, 5) is 18.0. The Labute approximate surface area is 168 Å². The molecule has 0 aliphatic heterocycles. The number of pyridine rings is 1. The number of hydrogen-bond acceptors (Lipinski definition) is 4. The summed E-state index contributed by atoms with van der Waals surface area (Å²) in [6, 6.07) is 17.7. The number of thiophene rings is 1. The van der Waals surface area contributed by atoms with E-state index in [1.807, 2.05) is 47.8 Å². The van der Waals surface area contributed by atoms with E-state index in [1.54, 1.807) is 29.3 Å². The van der Waals surface area contributed by atoms with Crippen molar-refractivity contribution in [2.75, 3.05) is 5.32 Å². The maximum atomic E-state index is 12.5. The highest BCUT2D eigenvalue weighted by atomic mass is 32.2. The van der Waals surface area contributed by atoms with Crippen LogP contribution in [0.5, 0.6) is 0 Å². The molecule has 1 atom stereocenters. The van der Waals surface area contributed by atoms with Crippen molar-refractivity contribution in [2.45, 2.75) is 30.7 Å². The zero-order valence-electron chi connectivity index (χ0n) is 15.4. The Bertz CT molecular complexity index is 851. The Kier molecular flexibility index (Phi) is 6.90. The van der Waals surface area contributed by atoms with Gasteiger partial charge >= 0.3 is 6.03 Å². The van der Waals surface area contributed by atoms with Gasteiger partial charge in [-0.05, 0) is 47.2 Å². The van der Waals surface area contributed by atoms with Gasteiger partial charge in [0.1, 0.15) is 0 Å². The SMILES string of the molecule is CC(C)C(NC(=O)Nc1cccc(CSc2ccccn2)c1)c1cccs1. The highest BCUT2D eigenvalue weighted by molar-refractivity contribution is 7.98. The summed E-state index contributed by atoms with van der Waals surface area (Å²) >= 11 is 3.34. The standard InChI is InChI=1S/C21H23N3OS2/c1-15(2)20(18-9-6-12-26-18)24-21(25)23-17-8-5-7-16(13-17)14-27-19-10-3-4-11-22-19/h3-13,15,20H,14H2,1-2H3,(H2,23,24,25). The minimum atomic E-state index is -0.184. The molecule has 2 amide bonds. The highest BCUT2D eigenvalue weighted by Crippen LogP contribution is 2.26. The second kappa shape index (κ2) is 9.58. The molecule has 0 aliphatic carbocycles. The molecule has 4 nitrogen and oxygen atoms in total. The summed E-state index contributed by atoms with van der Waals surface area (Å²) in [6.45, 7) is 4.22. The van der Waals surface area contributed by atoms with Crippen molar-refractivity contribution in [1.82, 2.24) is 10.3 Å². The third-order valence-electron chi connectivity index (χ3n) is 4.01. The van der Waals surface area contributed by atoms with Gasteiger partial charge < -0.3 is 10.6 Å². The zero-order chi connectivity index (χ0) is 19.1. The van der Waals surface area contributed by atoms with E-state index < -0.39 is 0 Å². The average molecular weight is 398 g/mol. The number of hydrogen-bond donors (Lipinski definition) is 2. The fourth-order valence-corrected chi connectivity index (χ4v) is 4.42. The lowest BCUT2D eigenvalue weighted by Crippen LogP contribution is -2.34. The van der Waals surface area contributed by atoms with Crippen molar-refractivity contribution in [1.29, 1.82) is 0 Å². The van der Waals surface area contributed by atoms with Crippen LogP contribution in [0.3, 0.4) is 0 Å². The molecule has 0 saturated carbocycles. The van der Waals surface area contributed by atoms with Gasteiger partial charge in [-0.3, -0.25) is 0 Å². The lowest BCUT2D eigenvalue weighted by Gasteiger charge is -2.21. The first-order valence-corrected chi connectivity index (χ1v) is 10.7. The van der Waals surface area contributed by atoms with Crippen LogP contribution in [0.25, 0.3) is 0 Å². The smallest absolute Gasteiger partial charge is 0.319 e. The number of benzene rings is 1. The number of amides is 2. The second-order valence-electron chi connectivity index (χ2n) is 6.49. The van der Waals surface area contributed by atoms with Crippen LogP contribution in [0.1, 0.15) is 30.3 Å². The minimum Gasteiger partial charge on any atom is -0.330 e. The first kappa shape index (κ1) is 19.5. The molecule has 0 saturated heterocycles. The van der Waals surface area contributed by atoms with Crippen molar-refractivity contribution in [2.24, 2.45) is 5.92 Å². The molecule has 3 rings (SSSR count). The topological polar surface area (TPSA) is 54.0 Å². The largest absolute Gasteiger partial charge is 0.330 e. The zero-order valence-corrected chi connectivity index (χ0v) is 17.0. The number of anilines is 1. The molecule has 0 aliphatic rings. The van der Waals surface area contributed by atoms with Gasteiger partial charge in [0, 0.05) is 22.5 Å². The molecule has 2 heterocycles. The first-order chi connectivity index (χ1) is 13.1. The number of carbonyl (C=O) groups is 1. The number of nitrogens with one attached hydrogen (secondary N) is 2. The van der Waals surface area contributed by atoms with Crippen LogP contribution in [-0.2, 0) is 5.75 Å². The Morgan fingerprint density at radius 1 is 1.15 bits per heavy atom. The number of urea groups is 1. The fraction of sp³-hybridized carbons (Fsp3) is 0.238. The number of nitrogens with zero attached hydrogens (tertiary/aromatic N) is 1. The summed E-state index contributed by atoms with van der Waals surface area (Å²) in [7, 11) is 0. The van der Waals surface area contributed by atoms with Crippen molar-refractivity contribution in [3.8, 4) is 0 Å². The van der Waals surface area contributed by atoms with Gasteiger partial charge in [0.05, 0.1) is 11.1 Å². The average Bonchev–Trinajstić information content (AvgIpc) is 3.20. The monoisotopic (exact) mass is 397 g/mol. The van der Waals surface area contributed by atoms with E-state index in [4.69, 9.17) is 0 Å². The van der Waals surface area contributed by atoms with E-state index in [0.717, 1.165) is 22.0 Å². The normalized spacial score (nSPS) is 12.0. The van der Waals surface area contributed by atoms with Crippen molar-refractivity contribution >= 4 is 34.8 Å². The van der Waals surface area contributed by atoms with Crippen LogP contribution >= 0.6 is 23.1 Å². The minimum absolute atomic E-state index is 0.00731. The van der Waals surface area contributed by atoms with Crippen LogP contribution in [0.4, 0.5) is 10.5 Å². The molecular formula is C21H23N3OS2. The molecule has 1 aromatic carbocycles. The molecule has 0 fully saturated rings. The second-order valence-corrected chi connectivity index (χ2v) is 8.47.